The van der Waals surface area contributed by atoms with E-state index in [2.05, 4.69) is 10.3 Å². The van der Waals surface area contributed by atoms with E-state index in [9.17, 15) is 18.4 Å². The van der Waals surface area contributed by atoms with E-state index in [0.29, 0.717) is 0 Å². The number of benzene rings is 1. The maximum absolute atomic E-state index is 13.7. The molecule has 1 fully saturated rings. The molecule has 0 aliphatic carbocycles. The second kappa shape index (κ2) is 4.48. The number of hydrogen-bond donors (Lipinski definition) is 2. The monoisotopic (exact) mass is 297 g/mol. The Hall–Kier alpha value is -2.09. The number of rotatable bonds is 1. The van der Waals surface area contributed by atoms with Gasteiger partial charge in [0.15, 0.2) is 10.6 Å². The van der Waals surface area contributed by atoms with Gasteiger partial charge in [-0.05, 0) is 24.7 Å². The molecule has 3 rings (SSSR count). The van der Waals surface area contributed by atoms with Gasteiger partial charge in [-0.2, -0.15) is 0 Å². The number of aromatic nitrogens is 2. The van der Waals surface area contributed by atoms with Crippen LogP contribution in [0.15, 0.2) is 12.1 Å². The average molecular weight is 297 g/mol. The fraction of sp³-hybridized carbons (Fsp3) is 0.250. The van der Waals surface area contributed by atoms with Crippen molar-refractivity contribution in [3.8, 4) is 0 Å². The summed E-state index contributed by atoms with van der Waals surface area (Å²) in [4.78, 5) is 25.6. The van der Waals surface area contributed by atoms with Crippen molar-refractivity contribution >= 4 is 35.1 Å². The van der Waals surface area contributed by atoms with Gasteiger partial charge in [-0.1, -0.05) is 0 Å². The predicted molar refractivity (Wildman–Crippen MR) is 68.5 cm³/mol. The van der Waals surface area contributed by atoms with Crippen molar-refractivity contribution in [2.75, 3.05) is 0 Å². The molecule has 1 aliphatic rings. The molecule has 0 radical (unpaired) electrons. The molecule has 20 heavy (non-hydrogen) atoms. The van der Waals surface area contributed by atoms with Gasteiger partial charge in [-0.25, -0.2) is 8.78 Å². The average Bonchev–Trinajstić information content (AvgIpc) is 2.67. The van der Waals surface area contributed by atoms with Gasteiger partial charge in [-0.15, -0.1) is 0 Å². The number of aromatic amines is 1. The maximum Gasteiger partial charge on any atom is 0.249 e. The van der Waals surface area contributed by atoms with Crippen molar-refractivity contribution in [2.24, 2.45) is 0 Å². The summed E-state index contributed by atoms with van der Waals surface area (Å²) in [6, 6.07) is 1.09. The Morgan fingerprint density at radius 2 is 2.05 bits per heavy atom. The van der Waals surface area contributed by atoms with Crippen LogP contribution in [0.1, 0.15) is 18.9 Å². The first kappa shape index (κ1) is 12.9. The van der Waals surface area contributed by atoms with Gasteiger partial charge in [0.05, 0.1) is 5.52 Å². The topological polar surface area (TPSA) is 66.9 Å². The molecule has 0 bridgehead atoms. The minimum Gasteiger partial charge on any atom is -0.328 e. The number of imidazole rings is 1. The Balaban J connectivity index is 2.21. The Morgan fingerprint density at radius 3 is 2.75 bits per heavy atom. The van der Waals surface area contributed by atoms with Crippen LogP contribution in [-0.2, 0) is 9.59 Å². The van der Waals surface area contributed by atoms with E-state index in [1.54, 1.807) is 0 Å². The van der Waals surface area contributed by atoms with Gasteiger partial charge in [0.2, 0.25) is 11.8 Å². The number of carbonyl (C=O) groups is 2. The molecule has 2 aromatic rings. The molecule has 5 nitrogen and oxygen atoms in total. The van der Waals surface area contributed by atoms with E-state index < -0.39 is 23.6 Å². The van der Waals surface area contributed by atoms with E-state index >= 15 is 0 Å². The van der Waals surface area contributed by atoms with Crippen LogP contribution in [-0.4, -0.2) is 21.4 Å². The Bertz CT molecular complexity index is 796. The van der Waals surface area contributed by atoms with Crippen molar-refractivity contribution in [1.82, 2.24) is 14.9 Å². The minimum atomic E-state index is -0.780. The highest BCUT2D eigenvalue weighted by Crippen LogP contribution is 2.26. The largest absolute Gasteiger partial charge is 0.328 e. The molecule has 0 spiro atoms. The highest BCUT2D eigenvalue weighted by molar-refractivity contribution is 7.71. The highest BCUT2D eigenvalue weighted by Gasteiger charge is 2.30. The smallest absolute Gasteiger partial charge is 0.249 e. The van der Waals surface area contributed by atoms with Crippen LogP contribution < -0.4 is 5.32 Å². The zero-order valence-electron chi connectivity index (χ0n) is 10.1. The van der Waals surface area contributed by atoms with Crippen LogP contribution in [0.4, 0.5) is 8.78 Å². The molecule has 104 valence electrons. The summed E-state index contributed by atoms with van der Waals surface area (Å²) in [6.45, 7) is 0. The van der Waals surface area contributed by atoms with E-state index in [1.165, 1.54) is 4.57 Å². The number of carbonyl (C=O) groups excluding carboxylic acids is 2. The van der Waals surface area contributed by atoms with E-state index in [4.69, 9.17) is 12.2 Å². The van der Waals surface area contributed by atoms with Gasteiger partial charge >= 0.3 is 0 Å². The van der Waals surface area contributed by atoms with Crippen LogP contribution in [0.2, 0.25) is 0 Å². The van der Waals surface area contributed by atoms with Crippen LogP contribution in [0.5, 0.6) is 0 Å². The quantitative estimate of drug-likeness (QED) is 0.624. The van der Waals surface area contributed by atoms with E-state index in [1.807, 2.05) is 0 Å². The minimum absolute atomic E-state index is 0.0427. The molecule has 2 heterocycles. The lowest BCUT2D eigenvalue weighted by Crippen LogP contribution is -2.41. The number of amides is 2. The number of fused-ring (bicyclic) bond motifs is 1. The van der Waals surface area contributed by atoms with Gasteiger partial charge < -0.3 is 9.55 Å². The molecule has 8 heteroatoms. The fourth-order valence-corrected chi connectivity index (χ4v) is 2.72. The van der Waals surface area contributed by atoms with Crippen LogP contribution in [0, 0.1) is 16.4 Å². The summed E-state index contributed by atoms with van der Waals surface area (Å²) < 4.78 is 28.5. The van der Waals surface area contributed by atoms with E-state index in [0.717, 1.165) is 12.1 Å². The van der Waals surface area contributed by atoms with E-state index in [-0.39, 0.29) is 34.6 Å². The van der Waals surface area contributed by atoms with Crippen LogP contribution in [0.25, 0.3) is 11.0 Å². The molecule has 1 aromatic heterocycles. The lowest BCUT2D eigenvalue weighted by atomic mass is 10.1. The summed E-state index contributed by atoms with van der Waals surface area (Å²) in [5, 5.41) is 2.19. The zero-order chi connectivity index (χ0) is 14.4. The second-order valence-electron chi connectivity index (χ2n) is 4.55. The summed E-state index contributed by atoms with van der Waals surface area (Å²) in [5.41, 5.74) is 0.211. The molecule has 1 atom stereocenters. The normalized spacial score (nSPS) is 19.4. The SMILES string of the molecule is O=C1CCC(n2c(=S)[nH]c3c(F)cc(F)cc32)C(=O)N1. The third-order valence-electron chi connectivity index (χ3n) is 3.27. The summed E-state index contributed by atoms with van der Waals surface area (Å²) in [5.74, 6) is -2.43. The first-order valence-corrected chi connectivity index (χ1v) is 6.31. The summed E-state index contributed by atoms with van der Waals surface area (Å²) in [6.07, 6.45) is 0.396. The molecule has 0 saturated carbocycles. The van der Waals surface area contributed by atoms with Crippen LogP contribution >= 0.6 is 12.2 Å². The van der Waals surface area contributed by atoms with Crippen molar-refractivity contribution < 1.29 is 18.4 Å². The Morgan fingerprint density at radius 1 is 1.30 bits per heavy atom. The third kappa shape index (κ3) is 1.92. The molecule has 1 saturated heterocycles. The maximum atomic E-state index is 13.7. The molecule has 1 unspecified atom stereocenters. The number of halogens is 2. The summed E-state index contributed by atoms with van der Waals surface area (Å²) in [7, 11) is 0. The molecule has 2 amide bonds. The van der Waals surface area contributed by atoms with Gasteiger partial charge in [0.25, 0.3) is 0 Å². The van der Waals surface area contributed by atoms with Gasteiger partial charge in [-0.3, -0.25) is 14.9 Å². The standard InChI is InChI=1S/C12H9F2N3O2S/c13-5-3-6(14)10-8(4-5)17(12(20)16-10)7-1-2-9(18)15-11(7)19/h3-4,7H,1-2H2,(H,16,20)(H,15,18,19). The zero-order valence-corrected chi connectivity index (χ0v) is 10.9. The first-order chi connectivity index (χ1) is 9.47. The number of imide groups is 1. The predicted octanol–water partition coefficient (Wildman–Crippen LogP) is 1.95. The number of piperidine rings is 1. The molecule has 1 aromatic carbocycles. The molecular formula is C12H9F2N3O2S. The molecule has 1 aliphatic heterocycles. The molecular weight excluding hydrogens is 288 g/mol. The molecule has 2 N–H and O–H groups in total. The summed E-state index contributed by atoms with van der Waals surface area (Å²) >= 11 is 5.07. The number of H-pyrrole nitrogens is 1. The highest BCUT2D eigenvalue weighted by atomic mass is 32.1. The number of nitrogens with zero attached hydrogens (tertiary/aromatic N) is 1. The van der Waals surface area contributed by atoms with Crippen LogP contribution in [0.3, 0.4) is 0 Å². The fourth-order valence-electron chi connectivity index (χ4n) is 2.39. The first-order valence-electron chi connectivity index (χ1n) is 5.90. The third-order valence-corrected chi connectivity index (χ3v) is 3.56. The van der Waals surface area contributed by atoms with Crippen molar-refractivity contribution in [2.45, 2.75) is 18.9 Å². The Kier molecular flexibility index (Phi) is 2.89. The number of nitrogens with one attached hydrogen (secondary N) is 2. The van der Waals surface area contributed by atoms with Crippen molar-refractivity contribution in [3.63, 3.8) is 0 Å². The number of hydrogen-bond acceptors (Lipinski definition) is 3. The lowest BCUT2D eigenvalue weighted by molar-refractivity contribution is -0.135. The van der Waals surface area contributed by atoms with Gasteiger partial charge in [0, 0.05) is 12.5 Å². The van der Waals surface area contributed by atoms with Crippen molar-refractivity contribution in [1.29, 1.82) is 0 Å². The van der Waals surface area contributed by atoms with Gasteiger partial charge in [0.1, 0.15) is 17.4 Å². The Labute approximate surface area is 116 Å². The second-order valence-corrected chi connectivity index (χ2v) is 4.94. The van der Waals surface area contributed by atoms with Crippen molar-refractivity contribution in [3.05, 3.63) is 28.5 Å². The lowest BCUT2D eigenvalue weighted by Gasteiger charge is -2.22.